The lowest BCUT2D eigenvalue weighted by Gasteiger charge is -2.31. The minimum absolute atomic E-state index is 0.0624. The van der Waals surface area contributed by atoms with Gasteiger partial charge in [0.05, 0.1) is 0 Å². The molecule has 3 aromatic rings. The number of ketones is 1. The van der Waals surface area contributed by atoms with Crippen molar-refractivity contribution in [3.8, 4) is 0 Å². The van der Waals surface area contributed by atoms with Gasteiger partial charge in [0, 0.05) is 18.0 Å². The van der Waals surface area contributed by atoms with Gasteiger partial charge >= 0.3 is 0 Å². The summed E-state index contributed by atoms with van der Waals surface area (Å²) in [6.07, 6.45) is 2.79. The van der Waals surface area contributed by atoms with Gasteiger partial charge in [-0.15, -0.1) is 0 Å². The molecule has 0 saturated carbocycles. The zero-order valence-corrected chi connectivity index (χ0v) is 15.4. The van der Waals surface area contributed by atoms with Gasteiger partial charge in [0.25, 0.3) is 0 Å². The Balaban J connectivity index is 1.30. The van der Waals surface area contributed by atoms with E-state index in [9.17, 15) is 9.18 Å². The fourth-order valence-electron chi connectivity index (χ4n) is 3.95. The minimum Gasteiger partial charge on any atom is -0.303 e. The number of carbonyl (C=O) groups excluding carboxylic acids is 1. The molecule has 3 heteroatoms. The van der Waals surface area contributed by atoms with Gasteiger partial charge in [-0.1, -0.05) is 42.5 Å². The maximum absolute atomic E-state index is 13.0. The van der Waals surface area contributed by atoms with E-state index in [1.165, 1.54) is 28.5 Å². The lowest BCUT2D eigenvalue weighted by Crippen LogP contribution is -2.37. The lowest BCUT2D eigenvalue weighted by atomic mass is 9.89. The molecule has 1 aliphatic heterocycles. The first kappa shape index (κ1) is 17.9. The molecule has 0 radical (unpaired) electrons. The van der Waals surface area contributed by atoms with Crippen molar-refractivity contribution in [2.75, 3.05) is 19.6 Å². The van der Waals surface area contributed by atoms with Crippen molar-refractivity contribution >= 4 is 16.6 Å². The van der Waals surface area contributed by atoms with E-state index in [4.69, 9.17) is 0 Å². The molecule has 0 N–H and O–H groups in total. The summed E-state index contributed by atoms with van der Waals surface area (Å²) in [6, 6.07) is 21.1. The number of nitrogens with zero attached hydrogens (tertiary/aromatic N) is 1. The molecule has 1 aliphatic rings. The van der Waals surface area contributed by atoms with Crippen LogP contribution in [0.2, 0.25) is 0 Å². The molecule has 1 fully saturated rings. The zero-order chi connectivity index (χ0) is 18.6. The third-order valence-electron chi connectivity index (χ3n) is 5.62. The van der Waals surface area contributed by atoms with Crippen LogP contribution in [0.4, 0.5) is 4.39 Å². The van der Waals surface area contributed by atoms with Gasteiger partial charge in [-0.25, -0.2) is 4.39 Å². The molecule has 27 heavy (non-hydrogen) atoms. The molecule has 3 aromatic carbocycles. The number of benzene rings is 3. The van der Waals surface area contributed by atoms with Crippen LogP contribution in [0.1, 0.15) is 28.8 Å². The van der Waals surface area contributed by atoms with Crippen LogP contribution in [0.25, 0.3) is 10.8 Å². The van der Waals surface area contributed by atoms with Crippen molar-refractivity contribution in [2.45, 2.75) is 19.3 Å². The predicted molar refractivity (Wildman–Crippen MR) is 108 cm³/mol. The first-order valence-corrected chi connectivity index (χ1v) is 9.69. The van der Waals surface area contributed by atoms with Crippen LogP contribution >= 0.6 is 0 Å². The normalized spacial score (nSPS) is 15.9. The number of fused-ring (bicyclic) bond motifs is 1. The molecule has 0 spiro atoms. The topological polar surface area (TPSA) is 20.3 Å². The highest BCUT2D eigenvalue weighted by Gasteiger charge is 2.25. The Bertz CT molecular complexity index is 927. The number of hydrogen-bond acceptors (Lipinski definition) is 2. The SMILES string of the molecule is O=C(c1ccc(F)cc1)C1CCN(CCc2ccc3ccccc3c2)CC1. The van der Waals surface area contributed by atoms with Crippen LogP contribution in [0, 0.1) is 11.7 Å². The van der Waals surface area contributed by atoms with E-state index in [0.29, 0.717) is 5.56 Å². The van der Waals surface area contributed by atoms with Crippen molar-refractivity contribution in [1.82, 2.24) is 4.90 Å². The summed E-state index contributed by atoms with van der Waals surface area (Å²) in [7, 11) is 0. The molecule has 138 valence electrons. The van der Waals surface area contributed by atoms with E-state index in [2.05, 4.69) is 47.4 Å². The molecule has 0 atom stereocenters. The quantitative estimate of drug-likeness (QED) is 0.588. The number of carbonyl (C=O) groups is 1. The lowest BCUT2D eigenvalue weighted by molar-refractivity contribution is 0.0841. The van der Waals surface area contributed by atoms with Crippen LogP contribution in [0.15, 0.2) is 66.7 Å². The second-order valence-electron chi connectivity index (χ2n) is 7.42. The molecule has 2 nitrogen and oxygen atoms in total. The highest BCUT2D eigenvalue weighted by molar-refractivity contribution is 5.97. The number of Topliss-reactive ketones (excluding diaryl/α,β-unsaturated/α-hetero) is 1. The Labute approximate surface area is 159 Å². The van der Waals surface area contributed by atoms with E-state index in [1.807, 2.05) is 0 Å². The van der Waals surface area contributed by atoms with E-state index < -0.39 is 0 Å². The van der Waals surface area contributed by atoms with Crippen LogP contribution < -0.4 is 0 Å². The van der Waals surface area contributed by atoms with Gasteiger partial charge < -0.3 is 4.90 Å². The average molecular weight is 361 g/mol. The molecule has 0 aromatic heterocycles. The predicted octanol–water partition coefficient (Wildman–Crippen LogP) is 5.12. The smallest absolute Gasteiger partial charge is 0.166 e. The van der Waals surface area contributed by atoms with E-state index in [-0.39, 0.29) is 17.5 Å². The highest BCUT2D eigenvalue weighted by Crippen LogP contribution is 2.23. The van der Waals surface area contributed by atoms with E-state index in [1.54, 1.807) is 12.1 Å². The Kier molecular flexibility index (Phi) is 5.30. The van der Waals surface area contributed by atoms with Crippen molar-refractivity contribution in [1.29, 1.82) is 0 Å². The van der Waals surface area contributed by atoms with Gasteiger partial charge in [-0.05, 0) is 73.0 Å². The van der Waals surface area contributed by atoms with Crippen molar-refractivity contribution in [3.63, 3.8) is 0 Å². The Morgan fingerprint density at radius 1 is 0.926 bits per heavy atom. The second kappa shape index (κ2) is 8.01. The van der Waals surface area contributed by atoms with E-state index >= 15 is 0 Å². The molecule has 1 heterocycles. The molecular weight excluding hydrogens is 337 g/mol. The van der Waals surface area contributed by atoms with Crippen molar-refractivity contribution < 1.29 is 9.18 Å². The van der Waals surface area contributed by atoms with Gasteiger partial charge in [0.1, 0.15) is 5.82 Å². The van der Waals surface area contributed by atoms with Gasteiger partial charge in [-0.3, -0.25) is 4.79 Å². The molecule has 0 aliphatic carbocycles. The molecule has 4 rings (SSSR count). The Morgan fingerprint density at radius 3 is 2.37 bits per heavy atom. The number of halogens is 1. The standard InChI is InChI=1S/C24H24FNO/c25-23-9-7-20(8-10-23)24(27)21-12-15-26(16-13-21)14-11-18-5-6-19-3-1-2-4-22(19)17-18/h1-10,17,21H,11-16H2. The van der Waals surface area contributed by atoms with Crippen LogP contribution in [0.5, 0.6) is 0 Å². The number of likely N-dealkylation sites (tertiary alicyclic amines) is 1. The van der Waals surface area contributed by atoms with Gasteiger partial charge in [0.15, 0.2) is 5.78 Å². The van der Waals surface area contributed by atoms with Crippen LogP contribution in [-0.2, 0) is 6.42 Å². The highest BCUT2D eigenvalue weighted by atomic mass is 19.1. The molecule has 1 saturated heterocycles. The Hall–Kier alpha value is -2.52. The summed E-state index contributed by atoms with van der Waals surface area (Å²) in [6.45, 7) is 2.92. The van der Waals surface area contributed by atoms with Crippen molar-refractivity contribution in [2.24, 2.45) is 5.92 Å². The number of hydrogen-bond donors (Lipinski definition) is 0. The summed E-state index contributed by atoms with van der Waals surface area (Å²) >= 11 is 0. The maximum Gasteiger partial charge on any atom is 0.166 e. The average Bonchev–Trinajstić information content (AvgIpc) is 2.72. The van der Waals surface area contributed by atoms with Crippen LogP contribution in [0.3, 0.4) is 0 Å². The molecule has 0 bridgehead atoms. The third-order valence-corrected chi connectivity index (χ3v) is 5.62. The largest absolute Gasteiger partial charge is 0.303 e. The van der Waals surface area contributed by atoms with Gasteiger partial charge in [0.2, 0.25) is 0 Å². The van der Waals surface area contributed by atoms with Crippen LogP contribution in [-0.4, -0.2) is 30.3 Å². The molecule has 0 amide bonds. The number of piperidine rings is 1. The first-order valence-electron chi connectivity index (χ1n) is 9.69. The second-order valence-corrected chi connectivity index (χ2v) is 7.42. The van der Waals surface area contributed by atoms with Gasteiger partial charge in [-0.2, -0.15) is 0 Å². The molecule has 0 unspecified atom stereocenters. The summed E-state index contributed by atoms with van der Waals surface area (Å²) in [5.41, 5.74) is 1.99. The minimum atomic E-state index is -0.296. The molecular formula is C24H24FNO. The van der Waals surface area contributed by atoms with E-state index in [0.717, 1.165) is 38.9 Å². The fourth-order valence-corrected chi connectivity index (χ4v) is 3.95. The zero-order valence-electron chi connectivity index (χ0n) is 15.4. The first-order chi connectivity index (χ1) is 13.2. The summed E-state index contributed by atoms with van der Waals surface area (Å²) in [4.78, 5) is 15.0. The number of rotatable bonds is 5. The summed E-state index contributed by atoms with van der Waals surface area (Å²) < 4.78 is 13.0. The summed E-state index contributed by atoms with van der Waals surface area (Å²) in [5, 5.41) is 2.57. The Morgan fingerprint density at radius 2 is 1.63 bits per heavy atom. The monoisotopic (exact) mass is 361 g/mol. The fraction of sp³-hybridized carbons (Fsp3) is 0.292. The summed E-state index contributed by atoms with van der Waals surface area (Å²) in [5.74, 6) is -0.0772. The third kappa shape index (κ3) is 4.25. The maximum atomic E-state index is 13.0. The van der Waals surface area contributed by atoms with Crippen molar-refractivity contribution in [3.05, 3.63) is 83.7 Å².